The molecule has 0 fully saturated rings. The molecule has 1 aliphatic carbocycles. The van der Waals surface area contributed by atoms with E-state index in [4.69, 9.17) is 5.73 Å². The minimum atomic E-state index is -0.485. The first-order valence-corrected chi connectivity index (χ1v) is 3.38. The number of carbonyl (C=O) groups excluding carboxylic acids is 1. The molecule has 53 valence electrons. The molecule has 2 nitrogen and oxygen atoms in total. The lowest BCUT2D eigenvalue weighted by molar-refractivity contribution is -0.118. The van der Waals surface area contributed by atoms with Gasteiger partial charge in [0, 0.05) is 6.42 Å². The number of carbonyl (C=O) groups is 1. The van der Waals surface area contributed by atoms with Crippen molar-refractivity contribution in [2.75, 3.05) is 0 Å². The maximum atomic E-state index is 10.3. The molecule has 1 rings (SSSR count). The summed E-state index contributed by atoms with van der Waals surface area (Å²) in [5.74, 6) is -0.485. The molecule has 0 saturated heterocycles. The van der Waals surface area contributed by atoms with Gasteiger partial charge in [0.05, 0.1) is 0 Å². The van der Waals surface area contributed by atoms with E-state index in [1.807, 2.05) is 12.2 Å². The molecule has 0 aliphatic heterocycles. The third-order valence-electron chi connectivity index (χ3n) is 1.49. The number of allylic oxidation sites excluding steroid dienone is 3. The average Bonchev–Trinajstić information content (AvgIpc) is 1.88. The highest BCUT2D eigenvalue weighted by atomic mass is 16.1. The van der Waals surface area contributed by atoms with Gasteiger partial charge in [0.2, 0.25) is 5.91 Å². The Hall–Kier alpha value is -1.05. The molecule has 0 aromatic rings. The molecule has 0 aromatic heterocycles. The fraction of sp³-hybridized carbons (Fsp3) is 0.375. The zero-order valence-electron chi connectivity index (χ0n) is 5.76. The van der Waals surface area contributed by atoms with E-state index >= 15 is 0 Å². The molecule has 1 aliphatic rings. The molecule has 1 N–H and O–H groups in total. The Morgan fingerprint density at radius 1 is 1.70 bits per heavy atom. The van der Waals surface area contributed by atoms with Crippen LogP contribution in [-0.4, -0.2) is 5.91 Å². The van der Waals surface area contributed by atoms with Crippen molar-refractivity contribution in [3.8, 4) is 0 Å². The first kappa shape index (κ1) is 7.06. The molecule has 0 bridgehead atoms. The largest absolute Gasteiger partial charge is 0.273 e. The van der Waals surface area contributed by atoms with Gasteiger partial charge in [0.15, 0.2) is 0 Å². The van der Waals surface area contributed by atoms with Crippen LogP contribution in [0.3, 0.4) is 0 Å². The van der Waals surface area contributed by atoms with Crippen molar-refractivity contribution in [3.63, 3.8) is 0 Å². The fourth-order valence-electron chi connectivity index (χ4n) is 1.01. The molecular weight excluding hydrogens is 126 g/mol. The fourth-order valence-corrected chi connectivity index (χ4v) is 1.01. The number of rotatable bonds is 2. The van der Waals surface area contributed by atoms with Gasteiger partial charge in [-0.3, -0.25) is 10.5 Å². The van der Waals surface area contributed by atoms with Crippen LogP contribution in [0.25, 0.3) is 0 Å². The number of amides is 1. The first-order chi connectivity index (χ1) is 4.79. The zero-order chi connectivity index (χ0) is 7.40. The Morgan fingerprint density at radius 3 is 3.00 bits per heavy atom. The van der Waals surface area contributed by atoms with E-state index in [1.165, 1.54) is 0 Å². The van der Waals surface area contributed by atoms with Crippen molar-refractivity contribution in [2.24, 2.45) is 0 Å². The molecule has 0 saturated carbocycles. The highest BCUT2D eigenvalue weighted by molar-refractivity contribution is 5.75. The second-order valence-corrected chi connectivity index (χ2v) is 2.39. The lowest BCUT2D eigenvalue weighted by Crippen LogP contribution is -2.00. The van der Waals surface area contributed by atoms with Crippen LogP contribution in [0.2, 0.25) is 0 Å². The van der Waals surface area contributed by atoms with Gasteiger partial charge in [0.1, 0.15) is 0 Å². The molecule has 0 atom stereocenters. The molecule has 1 radical (unpaired) electrons. The molecule has 0 unspecified atom stereocenters. The lowest BCUT2D eigenvalue weighted by Gasteiger charge is -2.04. The van der Waals surface area contributed by atoms with Gasteiger partial charge in [-0.2, -0.15) is 0 Å². The van der Waals surface area contributed by atoms with Crippen LogP contribution in [0.1, 0.15) is 19.3 Å². The van der Waals surface area contributed by atoms with Gasteiger partial charge in [-0.1, -0.05) is 23.8 Å². The van der Waals surface area contributed by atoms with Crippen molar-refractivity contribution in [2.45, 2.75) is 19.3 Å². The van der Waals surface area contributed by atoms with Crippen LogP contribution in [-0.2, 0) is 4.79 Å². The number of hydrogen-bond donors (Lipinski definition) is 0. The Kier molecular flexibility index (Phi) is 2.26. The zero-order valence-corrected chi connectivity index (χ0v) is 5.76. The second kappa shape index (κ2) is 3.20. The summed E-state index contributed by atoms with van der Waals surface area (Å²) in [7, 11) is 0. The summed E-state index contributed by atoms with van der Waals surface area (Å²) in [6, 6.07) is 0. The van der Waals surface area contributed by atoms with E-state index < -0.39 is 5.91 Å². The van der Waals surface area contributed by atoms with Crippen LogP contribution < -0.4 is 5.73 Å². The SMILES string of the molecule is [NH]C(=O)CC1=CC=CCC1. The average molecular weight is 136 g/mol. The third-order valence-corrected chi connectivity index (χ3v) is 1.49. The Labute approximate surface area is 60.4 Å². The minimum absolute atomic E-state index is 0.310. The molecule has 0 heterocycles. The van der Waals surface area contributed by atoms with Crippen molar-refractivity contribution < 1.29 is 4.79 Å². The monoisotopic (exact) mass is 136 g/mol. The first-order valence-electron chi connectivity index (χ1n) is 3.38. The van der Waals surface area contributed by atoms with Crippen molar-refractivity contribution >= 4 is 5.91 Å². The van der Waals surface area contributed by atoms with Gasteiger partial charge in [-0.15, -0.1) is 0 Å². The van der Waals surface area contributed by atoms with E-state index in [2.05, 4.69) is 6.08 Å². The lowest BCUT2D eigenvalue weighted by atomic mass is 10.0. The van der Waals surface area contributed by atoms with Crippen LogP contribution in [0, 0.1) is 0 Å². The van der Waals surface area contributed by atoms with Crippen molar-refractivity contribution in [1.29, 1.82) is 0 Å². The van der Waals surface area contributed by atoms with E-state index in [0.29, 0.717) is 6.42 Å². The van der Waals surface area contributed by atoms with E-state index in [0.717, 1.165) is 18.4 Å². The minimum Gasteiger partial charge on any atom is -0.273 e. The Bertz CT molecular complexity index is 191. The number of hydrogen-bond acceptors (Lipinski definition) is 1. The summed E-state index contributed by atoms with van der Waals surface area (Å²) >= 11 is 0. The molecule has 2 heteroatoms. The van der Waals surface area contributed by atoms with Crippen molar-refractivity contribution in [3.05, 3.63) is 23.8 Å². The summed E-state index contributed by atoms with van der Waals surface area (Å²) in [6.45, 7) is 0. The quantitative estimate of drug-likeness (QED) is 0.566. The van der Waals surface area contributed by atoms with E-state index in [1.54, 1.807) is 0 Å². The van der Waals surface area contributed by atoms with Crippen LogP contribution in [0.4, 0.5) is 0 Å². The molecule has 0 aromatic carbocycles. The second-order valence-electron chi connectivity index (χ2n) is 2.39. The molecule has 1 amide bonds. The maximum absolute atomic E-state index is 10.3. The third kappa shape index (κ3) is 2.05. The van der Waals surface area contributed by atoms with Crippen LogP contribution in [0.15, 0.2) is 23.8 Å². The predicted octanol–water partition coefficient (Wildman–Crippen LogP) is 1.46. The Balaban J connectivity index is 2.47. The highest BCUT2D eigenvalue weighted by Gasteiger charge is 2.02. The standard InChI is InChI=1S/C8H10NO/c9-8(10)6-7-4-2-1-3-5-7/h1-2,4,9H,3,5-6H2. The molecule has 10 heavy (non-hydrogen) atoms. The summed E-state index contributed by atoms with van der Waals surface area (Å²) in [5, 5.41) is 0. The maximum Gasteiger partial charge on any atom is 0.242 e. The summed E-state index contributed by atoms with van der Waals surface area (Å²) in [5.41, 5.74) is 7.80. The summed E-state index contributed by atoms with van der Waals surface area (Å²) < 4.78 is 0. The van der Waals surface area contributed by atoms with E-state index in [9.17, 15) is 4.79 Å². The molecular formula is C8H10NO. The topological polar surface area (TPSA) is 40.9 Å². The van der Waals surface area contributed by atoms with Gasteiger partial charge in [-0.25, -0.2) is 0 Å². The van der Waals surface area contributed by atoms with Gasteiger partial charge in [-0.05, 0) is 12.8 Å². The van der Waals surface area contributed by atoms with Crippen molar-refractivity contribution in [1.82, 2.24) is 5.73 Å². The summed E-state index contributed by atoms with van der Waals surface area (Å²) in [6.07, 6.45) is 8.21. The van der Waals surface area contributed by atoms with Gasteiger partial charge >= 0.3 is 0 Å². The normalized spacial score (nSPS) is 16.6. The summed E-state index contributed by atoms with van der Waals surface area (Å²) in [4.78, 5) is 10.3. The van der Waals surface area contributed by atoms with Crippen LogP contribution in [0.5, 0.6) is 0 Å². The highest BCUT2D eigenvalue weighted by Crippen LogP contribution is 2.14. The smallest absolute Gasteiger partial charge is 0.242 e. The predicted molar refractivity (Wildman–Crippen MR) is 39.2 cm³/mol. The van der Waals surface area contributed by atoms with E-state index in [-0.39, 0.29) is 0 Å². The van der Waals surface area contributed by atoms with Gasteiger partial charge < -0.3 is 0 Å². The van der Waals surface area contributed by atoms with Gasteiger partial charge in [0.25, 0.3) is 0 Å². The van der Waals surface area contributed by atoms with Crippen LogP contribution >= 0.6 is 0 Å². The number of nitrogens with one attached hydrogen (secondary N) is 1. The Morgan fingerprint density at radius 2 is 2.50 bits per heavy atom. The molecule has 0 spiro atoms.